The molecule has 4 atom stereocenters. The molecule has 0 radical (unpaired) electrons. The van der Waals surface area contributed by atoms with E-state index in [1.54, 1.807) is 0 Å². The summed E-state index contributed by atoms with van der Waals surface area (Å²) < 4.78 is -1.45. The Labute approximate surface area is 112 Å². The molecule has 0 aromatic carbocycles. The van der Waals surface area contributed by atoms with Crippen LogP contribution in [0, 0.1) is 11.8 Å². The second-order valence-electron chi connectivity index (χ2n) is 4.20. The molecule has 1 saturated carbocycles. The zero-order valence-corrected chi connectivity index (χ0v) is 11.1. The Bertz CT molecular complexity index is 403. The van der Waals surface area contributed by atoms with Crippen molar-refractivity contribution in [1.82, 2.24) is 0 Å². The van der Waals surface area contributed by atoms with Gasteiger partial charge in [0, 0.05) is 11.8 Å². The lowest BCUT2D eigenvalue weighted by Crippen LogP contribution is -2.56. The third-order valence-electron chi connectivity index (χ3n) is 3.61. The molecular weight excluding hydrogens is 299 g/mol. The van der Waals surface area contributed by atoms with Gasteiger partial charge < -0.3 is 0 Å². The van der Waals surface area contributed by atoms with E-state index in [-0.39, 0.29) is 17.0 Å². The standard InChI is InChI=1S/C9H6Cl5N/c10-6-7(11)4-1-2-5(3-4)8(7,12)9(13,14)15-6/h1-2,4-5H,3H2/t4-,5+,7-,8-/m1/s1. The van der Waals surface area contributed by atoms with E-state index in [1.165, 1.54) is 0 Å². The number of hydrogen-bond acceptors (Lipinski definition) is 1. The first kappa shape index (κ1) is 11.0. The predicted molar refractivity (Wildman–Crippen MR) is 65.6 cm³/mol. The highest BCUT2D eigenvalue weighted by molar-refractivity contribution is 6.77. The fraction of sp³-hybridized carbons (Fsp3) is 0.667. The number of aliphatic imine (C=N–C) groups is 1. The van der Waals surface area contributed by atoms with Crippen molar-refractivity contribution in [2.75, 3.05) is 0 Å². The average Bonchev–Trinajstić information content (AvgIpc) is 2.71. The highest BCUT2D eigenvalue weighted by Crippen LogP contribution is 2.70. The van der Waals surface area contributed by atoms with Gasteiger partial charge >= 0.3 is 0 Å². The highest BCUT2D eigenvalue weighted by Gasteiger charge is 2.78. The van der Waals surface area contributed by atoms with E-state index < -0.39 is 14.2 Å². The zero-order valence-electron chi connectivity index (χ0n) is 7.35. The molecule has 1 nitrogen and oxygen atoms in total. The summed E-state index contributed by atoms with van der Waals surface area (Å²) in [6.45, 7) is 0. The molecule has 1 fully saturated rings. The number of hydrogen-bond donors (Lipinski definition) is 0. The Morgan fingerprint density at radius 3 is 2.33 bits per heavy atom. The van der Waals surface area contributed by atoms with Crippen LogP contribution in [0.15, 0.2) is 17.1 Å². The molecule has 3 rings (SSSR count). The van der Waals surface area contributed by atoms with Crippen LogP contribution in [0.25, 0.3) is 0 Å². The highest BCUT2D eigenvalue weighted by atomic mass is 35.5. The van der Waals surface area contributed by atoms with Gasteiger partial charge in [-0.25, -0.2) is 4.99 Å². The lowest BCUT2D eigenvalue weighted by molar-refractivity contribution is 0.443. The minimum Gasteiger partial charge on any atom is -0.235 e. The van der Waals surface area contributed by atoms with Gasteiger partial charge in [0.2, 0.25) is 4.46 Å². The van der Waals surface area contributed by atoms with Crippen molar-refractivity contribution >= 4 is 63.2 Å². The molecule has 15 heavy (non-hydrogen) atoms. The molecule has 3 aliphatic rings. The van der Waals surface area contributed by atoms with Gasteiger partial charge in [-0.15, -0.1) is 23.2 Å². The van der Waals surface area contributed by atoms with Crippen molar-refractivity contribution in [2.45, 2.75) is 20.6 Å². The van der Waals surface area contributed by atoms with Gasteiger partial charge in [-0.1, -0.05) is 47.0 Å². The molecule has 0 aromatic rings. The van der Waals surface area contributed by atoms with Gasteiger partial charge in [-0.2, -0.15) is 0 Å². The summed E-state index contributed by atoms with van der Waals surface area (Å²) in [6.07, 6.45) is 4.86. The normalized spacial score (nSPS) is 54.6. The molecule has 0 saturated heterocycles. The molecule has 1 aliphatic heterocycles. The molecular formula is C9H6Cl5N. The molecule has 82 valence electrons. The maximum atomic E-state index is 6.55. The number of fused-ring (bicyclic) bond motifs is 5. The quantitative estimate of drug-likeness (QED) is 0.365. The molecule has 0 N–H and O–H groups in total. The summed E-state index contributed by atoms with van der Waals surface area (Å²) in [5, 5.41) is 0.223. The van der Waals surface area contributed by atoms with Crippen LogP contribution in [-0.2, 0) is 0 Å². The minimum atomic E-state index is -1.45. The largest absolute Gasteiger partial charge is 0.235 e. The van der Waals surface area contributed by atoms with Crippen molar-refractivity contribution in [3.05, 3.63) is 12.2 Å². The fourth-order valence-corrected chi connectivity index (χ4v) is 5.17. The molecule has 2 aliphatic carbocycles. The molecule has 1 heterocycles. The molecule has 0 aromatic heterocycles. The summed E-state index contributed by atoms with van der Waals surface area (Å²) in [7, 11) is 0. The van der Waals surface area contributed by atoms with Gasteiger partial charge in [0.1, 0.15) is 14.9 Å². The van der Waals surface area contributed by atoms with Gasteiger partial charge in [-0.05, 0) is 6.42 Å². The zero-order chi connectivity index (χ0) is 11.1. The predicted octanol–water partition coefficient (Wildman–Crippen LogP) is 3.93. The second kappa shape index (κ2) is 2.81. The summed E-state index contributed by atoms with van der Waals surface area (Å²) in [5.41, 5.74) is 0. The second-order valence-corrected chi connectivity index (χ2v) is 7.04. The fourth-order valence-electron chi connectivity index (χ4n) is 2.86. The van der Waals surface area contributed by atoms with Crippen LogP contribution in [0.2, 0.25) is 0 Å². The van der Waals surface area contributed by atoms with E-state index in [1.807, 2.05) is 12.2 Å². The number of halogens is 5. The van der Waals surface area contributed by atoms with Crippen molar-refractivity contribution in [2.24, 2.45) is 16.8 Å². The SMILES string of the molecule is ClC1=NC(Cl)(Cl)[C@@]2(Cl)[C@H]3C=C[C@H](C3)[C@@]12Cl. The molecule has 2 bridgehead atoms. The van der Waals surface area contributed by atoms with Crippen LogP contribution in [0.3, 0.4) is 0 Å². The number of alkyl halides is 4. The Morgan fingerprint density at radius 1 is 1.13 bits per heavy atom. The Balaban J connectivity index is 2.26. The first-order valence-electron chi connectivity index (χ1n) is 4.54. The first-order chi connectivity index (χ1) is 6.84. The summed E-state index contributed by atoms with van der Waals surface area (Å²) in [5.74, 6) is 0.0916. The van der Waals surface area contributed by atoms with Gasteiger partial charge in [0.15, 0.2) is 0 Å². The van der Waals surface area contributed by atoms with E-state index >= 15 is 0 Å². The lowest BCUT2D eigenvalue weighted by Gasteiger charge is -2.41. The van der Waals surface area contributed by atoms with Crippen LogP contribution >= 0.6 is 58.0 Å². The minimum absolute atomic E-state index is 0.0247. The Morgan fingerprint density at radius 2 is 1.73 bits per heavy atom. The molecule has 0 amide bonds. The number of rotatable bonds is 0. The smallest absolute Gasteiger partial charge is 0.230 e. The van der Waals surface area contributed by atoms with E-state index in [2.05, 4.69) is 4.99 Å². The third-order valence-corrected chi connectivity index (χ3v) is 6.76. The molecule has 6 heteroatoms. The van der Waals surface area contributed by atoms with Crippen LogP contribution in [0.5, 0.6) is 0 Å². The van der Waals surface area contributed by atoms with Gasteiger partial charge in [-0.3, -0.25) is 0 Å². The van der Waals surface area contributed by atoms with E-state index in [4.69, 9.17) is 58.0 Å². The lowest BCUT2D eigenvalue weighted by atomic mass is 9.83. The van der Waals surface area contributed by atoms with Crippen molar-refractivity contribution in [1.29, 1.82) is 0 Å². The Hall–Kier alpha value is 0.860. The van der Waals surface area contributed by atoms with Gasteiger partial charge in [0.05, 0.1) is 0 Å². The van der Waals surface area contributed by atoms with Crippen LogP contribution in [0.4, 0.5) is 0 Å². The number of allylic oxidation sites excluding steroid dienone is 2. The summed E-state index contributed by atoms with van der Waals surface area (Å²) >= 11 is 31.4. The first-order valence-corrected chi connectivity index (χ1v) is 6.43. The number of nitrogens with zero attached hydrogens (tertiary/aromatic N) is 1. The van der Waals surface area contributed by atoms with Crippen LogP contribution < -0.4 is 0 Å². The Kier molecular flexibility index (Phi) is 2.06. The summed E-state index contributed by atoms with van der Waals surface area (Å²) in [4.78, 5) is 2.03. The third kappa shape index (κ3) is 0.950. The van der Waals surface area contributed by atoms with Crippen molar-refractivity contribution < 1.29 is 0 Å². The van der Waals surface area contributed by atoms with Crippen LogP contribution in [-0.4, -0.2) is 19.4 Å². The average molecular weight is 305 g/mol. The van der Waals surface area contributed by atoms with E-state index in [0.717, 1.165) is 6.42 Å². The van der Waals surface area contributed by atoms with E-state index in [9.17, 15) is 0 Å². The molecule has 0 unspecified atom stereocenters. The topological polar surface area (TPSA) is 12.4 Å². The van der Waals surface area contributed by atoms with Gasteiger partial charge in [0.25, 0.3) is 0 Å². The maximum Gasteiger partial charge on any atom is 0.230 e. The monoisotopic (exact) mass is 303 g/mol. The van der Waals surface area contributed by atoms with E-state index in [0.29, 0.717) is 0 Å². The molecule has 0 spiro atoms. The summed E-state index contributed by atoms with van der Waals surface area (Å²) in [6, 6.07) is 0. The maximum absolute atomic E-state index is 6.55. The van der Waals surface area contributed by atoms with Crippen LogP contribution in [0.1, 0.15) is 6.42 Å². The van der Waals surface area contributed by atoms with Crippen molar-refractivity contribution in [3.63, 3.8) is 0 Å². The van der Waals surface area contributed by atoms with Crippen molar-refractivity contribution in [3.8, 4) is 0 Å².